The first-order valence-corrected chi connectivity index (χ1v) is 8.43. The topological polar surface area (TPSA) is 124 Å². The number of anilines is 1. The second-order valence-electron chi connectivity index (χ2n) is 6.60. The summed E-state index contributed by atoms with van der Waals surface area (Å²) >= 11 is 0. The highest BCUT2D eigenvalue weighted by atomic mass is 16.5. The molecule has 1 aliphatic heterocycles. The number of ether oxygens (including phenoxy) is 1. The van der Waals surface area contributed by atoms with Crippen LogP contribution in [0.2, 0.25) is 0 Å². The number of ketones is 1. The van der Waals surface area contributed by atoms with Crippen LogP contribution in [-0.2, 0) is 0 Å². The number of Topliss-reactive ketones (excluding diaryl/α,β-unsaturated/α-hetero) is 1. The monoisotopic (exact) mass is 364 g/mol. The molecule has 2 aliphatic rings. The zero-order chi connectivity index (χ0) is 19.1. The number of phenolic OH excluding ortho intramolecular Hbond substituents is 1. The van der Waals surface area contributed by atoms with Gasteiger partial charge >= 0.3 is 6.03 Å². The molecule has 0 saturated heterocycles. The molecule has 1 unspecified atom stereocenters. The molecule has 3 N–H and O–H groups in total. The molecule has 3 atom stereocenters. The third-order valence-corrected chi connectivity index (χ3v) is 4.92. The number of aromatic hydroxyl groups is 1. The summed E-state index contributed by atoms with van der Waals surface area (Å²) in [6.45, 7) is 1.82. The number of amides is 2. The van der Waals surface area contributed by atoms with E-state index in [-0.39, 0.29) is 35.0 Å². The van der Waals surface area contributed by atoms with Gasteiger partial charge in [0.15, 0.2) is 5.78 Å². The summed E-state index contributed by atoms with van der Waals surface area (Å²) in [7, 11) is 0. The van der Waals surface area contributed by atoms with E-state index in [4.69, 9.17) is 10.00 Å². The number of carbonyl (C=O) groups excluding carboxylic acids is 2. The minimum Gasteiger partial charge on any atom is -0.507 e. The maximum atomic E-state index is 12.2. The number of nitrogens with zero attached hydrogens (tertiary/aromatic N) is 2. The summed E-state index contributed by atoms with van der Waals surface area (Å²) in [5.41, 5.74) is 1.22. The molecule has 0 bridgehead atoms. The molecule has 0 radical (unpaired) electrons. The van der Waals surface area contributed by atoms with E-state index in [1.54, 1.807) is 24.3 Å². The lowest BCUT2D eigenvalue weighted by Gasteiger charge is -2.18. The van der Waals surface area contributed by atoms with Gasteiger partial charge in [0.2, 0.25) is 0 Å². The average Bonchev–Trinajstić information content (AvgIpc) is 3.34. The molecular formula is C19H16N4O4. The van der Waals surface area contributed by atoms with Crippen LogP contribution in [0.1, 0.15) is 34.3 Å². The predicted molar refractivity (Wildman–Crippen MR) is 94.7 cm³/mol. The molecule has 2 amide bonds. The van der Waals surface area contributed by atoms with E-state index in [0.29, 0.717) is 29.3 Å². The molecule has 8 nitrogen and oxygen atoms in total. The highest BCUT2D eigenvalue weighted by molar-refractivity contribution is 5.97. The number of benzene rings is 1. The van der Waals surface area contributed by atoms with Crippen LogP contribution in [0.4, 0.5) is 10.6 Å². The normalized spacial score (nSPS) is 21.7. The van der Waals surface area contributed by atoms with E-state index in [9.17, 15) is 14.7 Å². The van der Waals surface area contributed by atoms with Crippen molar-refractivity contribution in [2.75, 3.05) is 11.9 Å². The number of hydrogen-bond donors (Lipinski definition) is 3. The summed E-state index contributed by atoms with van der Waals surface area (Å²) in [6, 6.07) is 7.64. The fraction of sp³-hybridized carbons (Fsp3) is 0.263. The van der Waals surface area contributed by atoms with E-state index in [0.717, 1.165) is 0 Å². The molecule has 1 aromatic heterocycles. The first-order chi connectivity index (χ1) is 13.0. The number of nitrogens with one attached hydrogen (secondary N) is 2. The highest BCUT2D eigenvalue weighted by Gasteiger charge is 2.57. The lowest BCUT2D eigenvalue weighted by Crippen LogP contribution is -2.32. The lowest BCUT2D eigenvalue weighted by molar-refractivity contribution is 0.101. The number of nitriles is 1. The number of hydrogen-bond acceptors (Lipinski definition) is 6. The van der Waals surface area contributed by atoms with Crippen LogP contribution in [0.25, 0.3) is 0 Å². The number of aromatic nitrogens is 1. The maximum absolute atomic E-state index is 12.2. The molecule has 2 heterocycles. The van der Waals surface area contributed by atoms with Gasteiger partial charge in [0.25, 0.3) is 0 Å². The van der Waals surface area contributed by atoms with Crippen molar-refractivity contribution in [2.24, 2.45) is 5.92 Å². The molecule has 136 valence electrons. The van der Waals surface area contributed by atoms with Crippen molar-refractivity contribution < 1.29 is 19.4 Å². The Hall–Kier alpha value is -3.60. The summed E-state index contributed by atoms with van der Waals surface area (Å²) in [4.78, 5) is 27.9. The molecule has 2 aromatic rings. The van der Waals surface area contributed by atoms with Gasteiger partial charge in [-0.15, -0.1) is 0 Å². The Morgan fingerprint density at radius 2 is 2.15 bits per heavy atom. The van der Waals surface area contributed by atoms with Crippen LogP contribution < -0.4 is 15.4 Å². The lowest BCUT2D eigenvalue weighted by atomic mass is 9.99. The standard InChI is InChI=1S/C19H16N4O4/c1-9(24)11-3-4-13-16(18(11)25)15-12(8-27-13)17(15)23-19(26)22-14-5-2-10(6-20)7-21-14/h2-5,7,12,15,17,25H,8H2,1H3,(H2,21,22,23,26)/t12-,15+,17?/m0/s1. The van der Waals surface area contributed by atoms with Gasteiger partial charge in [-0.2, -0.15) is 5.26 Å². The molecule has 1 aliphatic carbocycles. The fourth-order valence-electron chi connectivity index (χ4n) is 3.52. The molecule has 27 heavy (non-hydrogen) atoms. The highest BCUT2D eigenvalue weighted by Crippen LogP contribution is 2.57. The number of rotatable bonds is 3. The van der Waals surface area contributed by atoms with E-state index in [1.807, 2.05) is 6.07 Å². The van der Waals surface area contributed by atoms with Gasteiger partial charge in [0, 0.05) is 29.6 Å². The van der Waals surface area contributed by atoms with E-state index >= 15 is 0 Å². The van der Waals surface area contributed by atoms with Crippen LogP contribution in [0, 0.1) is 17.2 Å². The smallest absolute Gasteiger partial charge is 0.320 e. The summed E-state index contributed by atoms with van der Waals surface area (Å²) in [6.07, 6.45) is 1.37. The van der Waals surface area contributed by atoms with Gasteiger partial charge in [-0.3, -0.25) is 10.1 Å². The molecule has 1 saturated carbocycles. The third-order valence-electron chi connectivity index (χ3n) is 4.92. The SMILES string of the molecule is CC(=O)c1ccc2c(c1O)[C@@H]1C(NC(=O)Nc3ccc(C#N)cn3)[C@H]1CO2. The maximum Gasteiger partial charge on any atom is 0.320 e. The quantitative estimate of drug-likeness (QED) is 0.717. The van der Waals surface area contributed by atoms with Crippen LogP contribution in [0.15, 0.2) is 30.5 Å². The van der Waals surface area contributed by atoms with Crippen LogP contribution in [0.3, 0.4) is 0 Å². The fourth-order valence-corrected chi connectivity index (χ4v) is 3.52. The van der Waals surface area contributed by atoms with E-state index in [1.165, 1.54) is 13.1 Å². The molecule has 1 fully saturated rings. The molecule has 8 heteroatoms. The largest absolute Gasteiger partial charge is 0.507 e. The molecule has 4 rings (SSSR count). The minimum atomic E-state index is -0.435. The van der Waals surface area contributed by atoms with Crippen LogP contribution in [-0.4, -0.2) is 34.6 Å². The number of carbonyl (C=O) groups is 2. The van der Waals surface area contributed by atoms with Crippen molar-refractivity contribution in [2.45, 2.75) is 18.9 Å². The van der Waals surface area contributed by atoms with Crippen molar-refractivity contribution in [1.29, 1.82) is 5.26 Å². The Morgan fingerprint density at radius 1 is 1.33 bits per heavy atom. The van der Waals surface area contributed by atoms with E-state index in [2.05, 4.69) is 15.6 Å². The van der Waals surface area contributed by atoms with Crippen LogP contribution in [0.5, 0.6) is 11.5 Å². The number of urea groups is 1. The zero-order valence-electron chi connectivity index (χ0n) is 14.4. The second kappa shape index (κ2) is 6.29. The van der Waals surface area contributed by atoms with Gasteiger partial charge in [-0.1, -0.05) is 0 Å². The van der Waals surface area contributed by atoms with Crippen LogP contribution >= 0.6 is 0 Å². The predicted octanol–water partition coefficient (Wildman–Crippen LogP) is 2.16. The summed E-state index contributed by atoms with van der Waals surface area (Å²) in [5, 5.41) is 24.7. The van der Waals surface area contributed by atoms with Crippen molar-refractivity contribution in [1.82, 2.24) is 10.3 Å². The second-order valence-corrected chi connectivity index (χ2v) is 6.60. The Kier molecular flexibility index (Phi) is 3.92. The first kappa shape index (κ1) is 16.8. The first-order valence-electron chi connectivity index (χ1n) is 8.43. The molecular weight excluding hydrogens is 348 g/mol. The van der Waals surface area contributed by atoms with Gasteiger partial charge in [-0.25, -0.2) is 9.78 Å². The Balaban J connectivity index is 1.48. The van der Waals surface area contributed by atoms with Crippen molar-refractivity contribution >= 4 is 17.6 Å². The molecule has 0 spiro atoms. The molecule has 1 aromatic carbocycles. The Labute approximate surface area is 154 Å². The third kappa shape index (κ3) is 2.93. The van der Waals surface area contributed by atoms with Crippen molar-refractivity contribution in [3.05, 3.63) is 47.2 Å². The van der Waals surface area contributed by atoms with Crippen molar-refractivity contribution in [3.8, 4) is 17.6 Å². The van der Waals surface area contributed by atoms with Gasteiger partial charge in [-0.05, 0) is 31.2 Å². The summed E-state index contributed by atoms with van der Waals surface area (Å²) in [5.74, 6) is 0.490. The Bertz CT molecular complexity index is 980. The van der Waals surface area contributed by atoms with E-state index < -0.39 is 6.03 Å². The zero-order valence-corrected chi connectivity index (χ0v) is 14.4. The Morgan fingerprint density at radius 3 is 2.81 bits per heavy atom. The number of phenols is 1. The summed E-state index contributed by atoms with van der Waals surface area (Å²) < 4.78 is 5.66. The van der Waals surface area contributed by atoms with Crippen molar-refractivity contribution in [3.63, 3.8) is 0 Å². The van der Waals surface area contributed by atoms with Gasteiger partial charge in [0.05, 0.1) is 17.7 Å². The average molecular weight is 364 g/mol. The van der Waals surface area contributed by atoms with Gasteiger partial charge in [0.1, 0.15) is 23.4 Å². The number of fused-ring (bicyclic) bond motifs is 3. The number of pyridine rings is 1. The van der Waals surface area contributed by atoms with Gasteiger partial charge < -0.3 is 15.2 Å². The minimum absolute atomic E-state index is 0.0327.